The van der Waals surface area contributed by atoms with Crippen LogP contribution in [0.2, 0.25) is 0 Å². The average molecular weight is 257 g/mol. The van der Waals surface area contributed by atoms with Gasteiger partial charge in [0, 0.05) is 20.0 Å². The number of hydrogen-bond donors (Lipinski definition) is 1. The largest absolute Gasteiger partial charge is 0.462 e. The molecule has 0 aromatic rings. The van der Waals surface area contributed by atoms with Crippen LogP contribution in [-0.2, 0) is 14.3 Å². The number of ether oxygens (including phenoxy) is 2. The first kappa shape index (κ1) is 15.4. The van der Waals surface area contributed by atoms with Crippen LogP contribution >= 0.6 is 0 Å². The summed E-state index contributed by atoms with van der Waals surface area (Å²) in [5.41, 5.74) is 5.49. The van der Waals surface area contributed by atoms with Gasteiger partial charge >= 0.3 is 5.97 Å². The Hall–Kier alpha value is -0.610. The lowest BCUT2D eigenvalue weighted by molar-refractivity contribution is -0.153. The fraction of sp³-hybridized carbons (Fsp3) is 0.929. The highest BCUT2D eigenvalue weighted by Gasteiger charge is 2.24. The van der Waals surface area contributed by atoms with Gasteiger partial charge in [0.05, 0.1) is 6.10 Å². The van der Waals surface area contributed by atoms with Crippen molar-refractivity contribution in [3.63, 3.8) is 0 Å². The molecule has 0 aliphatic heterocycles. The van der Waals surface area contributed by atoms with E-state index in [0.717, 1.165) is 38.5 Å². The van der Waals surface area contributed by atoms with Gasteiger partial charge in [0.15, 0.2) is 0 Å². The Balaban J connectivity index is 2.19. The number of carbonyl (C=O) groups excluding carboxylic acids is 1. The summed E-state index contributed by atoms with van der Waals surface area (Å²) in [6.45, 7) is 2.82. The fourth-order valence-electron chi connectivity index (χ4n) is 2.46. The smallest absolute Gasteiger partial charge is 0.306 e. The summed E-state index contributed by atoms with van der Waals surface area (Å²) in [7, 11) is 1.73. The third-order valence-electron chi connectivity index (χ3n) is 3.71. The zero-order valence-electron chi connectivity index (χ0n) is 11.7. The van der Waals surface area contributed by atoms with Crippen LogP contribution < -0.4 is 5.73 Å². The number of methoxy groups -OCH3 is 1. The predicted molar refractivity (Wildman–Crippen MR) is 71.2 cm³/mol. The number of hydrogen-bond acceptors (Lipinski definition) is 4. The van der Waals surface area contributed by atoms with Gasteiger partial charge in [-0.2, -0.15) is 0 Å². The summed E-state index contributed by atoms with van der Waals surface area (Å²) >= 11 is 0. The monoisotopic (exact) mass is 257 g/mol. The zero-order valence-corrected chi connectivity index (χ0v) is 11.7. The normalized spacial score (nSPS) is 25.7. The molecule has 4 nitrogen and oxygen atoms in total. The van der Waals surface area contributed by atoms with Gasteiger partial charge in [0.2, 0.25) is 0 Å². The molecule has 3 atom stereocenters. The molecule has 3 unspecified atom stereocenters. The van der Waals surface area contributed by atoms with Gasteiger partial charge in [-0.05, 0) is 44.6 Å². The first-order valence-corrected chi connectivity index (χ1v) is 7.08. The van der Waals surface area contributed by atoms with Crippen molar-refractivity contribution in [2.45, 2.75) is 64.1 Å². The van der Waals surface area contributed by atoms with Gasteiger partial charge in [0.1, 0.15) is 6.10 Å². The number of carbonyl (C=O) groups is 1. The molecule has 0 aromatic heterocycles. The van der Waals surface area contributed by atoms with Crippen molar-refractivity contribution >= 4 is 5.97 Å². The van der Waals surface area contributed by atoms with E-state index in [4.69, 9.17) is 15.2 Å². The molecule has 0 bridgehead atoms. The predicted octanol–water partition coefficient (Wildman–Crippen LogP) is 2.25. The number of nitrogens with two attached hydrogens (primary N) is 1. The molecule has 18 heavy (non-hydrogen) atoms. The van der Waals surface area contributed by atoms with Crippen LogP contribution in [0.5, 0.6) is 0 Å². The van der Waals surface area contributed by atoms with E-state index in [1.54, 1.807) is 7.11 Å². The van der Waals surface area contributed by atoms with Crippen molar-refractivity contribution in [1.29, 1.82) is 0 Å². The highest BCUT2D eigenvalue weighted by Crippen LogP contribution is 2.23. The van der Waals surface area contributed by atoms with Crippen molar-refractivity contribution in [3.05, 3.63) is 0 Å². The van der Waals surface area contributed by atoms with E-state index < -0.39 is 0 Å². The maximum absolute atomic E-state index is 11.7. The van der Waals surface area contributed by atoms with Crippen LogP contribution in [0.4, 0.5) is 0 Å². The van der Waals surface area contributed by atoms with Crippen LogP contribution in [0, 0.1) is 5.92 Å². The third-order valence-corrected chi connectivity index (χ3v) is 3.71. The molecule has 0 spiro atoms. The highest BCUT2D eigenvalue weighted by molar-refractivity contribution is 5.69. The standard InChI is InChI=1S/C14H27NO3/c1-11(8-9-15)6-7-14(16)18-13-5-3-4-12(10-13)17-2/h11-13H,3-10,15H2,1-2H3. The Kier molecular flexibility index (Phi) is 7.28. The summed E-state index contributed by atoms with van der Waals surface area (Å²) in [6.07, 6.45) is 6.66. The Morgan fingerprint density at radius 2 is 2.06 bits per heavy atom. The van der Waals surface area contributed by atoms with Crippen molar-refractivity contribution in [3.8, 4) is 0 Å². The minimum Gasteiger partial charge on any atom is -0.462 e. The number of rotatable bonds is 7. The molecular weight excluding hydrogens is 230 g/mol. The summed E-state index contributed by atoms with van der Waals surface area (Å²) in [5, 5.41) is 0. The molecule has 2 N–H and O–H groups in total. The van der Waals surface area contributed by atoms with Gasteiger partial charge in [-0.15, -0.1) is 0 Å². The van der Waals surface area contributed by atoms with Crippen LogP contribution in [0.25, 0.3) is 0 Å². The summed E-state index contributed by atoms with van der Waals surface area (Å²) in [6, 6.07) is 0. The molecule has 1 aliphatic carbocycles. The van der Waals surface area contributed by atoms with Crippen molar-refractivity contribution in [1.82, 2.24) is 0 Å². The van der Waals surface area contributed by atoms with Crippen LogP contribution in [0.15, 0.2) is 0 Å². The summed E-state index contributed by atoms with van der Waals surface area (Å²) in [5.74, 6) is 0.432. The molecule has 1 saturated carbocycles. The highest BCUT2D eigenvalue weighted by atomic mass is 16.5. The Bertz CT molecular complexity index is 245. The maximum Gasteiger partial charge on any atom is 0.306 e. The zero-order chi connectivity index (χ0) is 13.4. The lowest BCUT2D eigenvalue weighted by Gasteiger charge is -2.28. The second kappa shape index (κ2) is 8.48. The molecule has 0 aromatic carbocycles. The third kappa shape index (κ3) is 5.83. The maximum atomic E-state index is 11.7. The van der Waals surface area contributed by atoms with E-state index >= 15 is 0 Å². The number of esters is 1. The lowest BCUT2D eigenvalue weighted by atomic mass is 9.95. The summed E-state index contributed by atoms with van der Waals surface area (Å²) in [4.78, 5) is 11.7. The van der Waals surface area contributed by atoms with E-state index in [1.807, 2.05) is 0 Å². The topological polar surface area (TPSA) is 61.5 Å². The van der Waals surface area contributed by atoms with Gasteiger partial charge in [-0.3, -0.25) is 4.79 Å². The molecule has 4 heteroatoms. The van der Waals surface area contributed by atoms with E-state index in [9.17, 15) is 4.79 Å². The van der Waals surface area contributed by atoms with E-state index in [-0.39, 0.29) is 18.2 Å². The van der Waals surface area contributed by atoms with Crippen LogP contribution in [0.1, 0.15) is 51.9 Å². The van der Waals surface area contributed by atoms with Crippen molar-refractivity contribution < 1.29 is 14.3 Å². The molecule has 106 valence electrons. The minimum atomic E-state index is -0.0689. The first-order chi connectivity index (χ1) is 8.65. The van der Waals surface area contributed by atoms with Crippen LogP contribution in [-0.4, -0.2) is 31.8 Å². The molecule has 1 aliphatic rings. The molecule has 0 saturated heterocycles. The Labute approximate surface area is 110 Å². The van der Waals surface area contributed by atoms with E-state index in [0.29, 0.717) is 18.9 Å². The molecule has 0 heterocycles. The summed E-state index contributed by atoms with van der Waals surface area (Å²) < 4.78 is 10.8. The van der Waals surface area contributed by atoms with Crippen LogP contribution in [0.3, 0.4) is 0 Å². The Morgan fingerprint density at radius 1 is 1.33 bits per heavy atom. The SMILES string of the molecule is COC1CCCC(OC(=O)CCC(C)CCN)C1. The first-order valence-electron chi connectivity index (χ1n) is 7.08. The van der Waals surface area contributed by atoms with E-state index in [1.165, 1.54) is 0 Å². The molecule has 1 rings (SSSR count). The second-order valence-electron chi connectivity index (χ2n) is 5.36. The minimum absolute atomic E-state index is 0.0565. The molecule has 0 amide bonds. The molecular formula is C14H27NO3. The van der Waals surface area contributed by atoms with Gasteiger partial charge in [-0.1, -0.05) is 6.92 Å². The van der Waals surface area contributed by atoms with Gasteiger partial charge < -0.3 is 15.2 Å². The van der Waals surface area contributed by atoms with E-state index in [2.05, 4.69) is 6.92 Å². The van der Waals surface area contributed by atoms with Gasteiger partial charge in [-0.25, -0.2) is 0 Å². The average Bonchev–Trinajstić information content (AvgIpc) is 2.37. The fourth-order valence-corrected chi connectivity index (χ4v) is 2.46. The Morgan fingerprint density at radius 3 is 2.72 bits per heavy atom. The molecule has 1 fully saturated rings. The van der Waals surface area contributed by atoms with Crippen molar-refractivity contribution in [2.75, 3.05) is 13.7 Å². The van der Waals surface area contributed by atoms with Gasteiger partial charge in [0.25, 0.3) is 0 Å². The molecule has 0 radical (unpaired) electrons. The lowest BCUT2D eigenvalue weighted by Crippen LogP contribution is -2.29. The second-order valence-corrected chi connectivity index (χ2v) is 5.36. The quantitative estimate of drug-likeness (QED) is 0.711. The van der Waals surface area contributed by atoms with Crippen molar-refractivity contribution in [2.24, 2.45) is 11.7 Å².